The van der Waals surface area contributed by atoms with Crippen molar-refractivity contribution >= 4 is 5.82 Å². The van der Waals surface area contributed by atoms with Crippen LogP contribution >= 0.6 is 0 Å². The SMILES string of the molecule is CO[C@@H](C)c1nc(-c2cccc(N3CCN(C)CC3)n2)no1. The van der Waals surface area contributed by atoms with E-state index in [-0.39, 0.29) is 6.10 Å². The van der Waals surface area contributed by atoms with Crippen molar-refractivity contribution in [3.05, 3.63) is 24.1 Å². The normalized spacial score (nSPS) is 17.7. The summed E-state index contributed by atoms with van der Waals surface area (Å²) in [4.78, 5) is 13.6. The Bertz CT molecular complexity index is 622. The Morgan fingerprint density at radius 3 is 2.68 bits per heavy atom. The third-order valence-corrected chi connectivity index (χ3v) is 3.93. The van der Waals surface area contributed by atoms with Gasteiger partial charge in [-0.2, -0.15) is 4.98 Å². The first kappa shape index (κ1) is 14.9. The van der Waals surface area contributed by atoms with Crippen LogP contribution in [0, 0.1) is 0 Å². The predicted molar refractivity (Wildman–Crippen MR) is 82.7 cm³/mol. The molecule has 1 atom stereocenters. The minimum Gasteiger partial charge on any atom is -0.372 e. The molecule has 0 bridgehead atoms. The highest BCUT2D eigenvalue weighted by Crippen LogP contribution is 2.21. The summed E-state index contributed by atoms with van der Waals surface area (Å²) in [5.41, 5.74) is 0.717. The fraction of sp³-hybridized carbons (Fsp3) is 0.533. The molecule has 7 nitrogen and oxygen atoms in total. The Balaban J connectivity index is 1.80. The second-order valence-electron chi connectivity index (χ2n) is 5.51. The highest BCUT2D eigenvalue weighted by atomic mass is 16.5. The van der Waals surface area contributed by atoms with Gasteiger partial charge in [0.15, 0.2) is 0 Å². The number of nitrogens with zero attached hydrogens (tertiary/aromatic N) is 5. The molecule has 118 valence electrons. The van der Waals surface area contributed by atoms with Gasteiger partial charge < -0.3 is 19.1 Å². The molecule has 0 aromatic carbocycles. The number of ether oxygens (including phenoxy) is 1. The molecule has 7 heteroatoms. The van der Waals surface area contributed by atoms with Crippen LogP contribution in [0.5, 0.6) is 0 Å². The molecule has 0 unspecified atom stereocenters. The number of hydrogen-bond acceptors (Lipinski definition) is 7. The van der Waals surface area contributed by atoms with Gasteiger partial charge in [-0.1, -0.05) is 11.2 Å². The van der Waals surface area contributed by atoms with E-state index >= 15 is 0 Å². The second-order valence-corrected chi connectivity index (χ2v) is 5.51. The number of pyridine rings is 1. The quantitative estimate of drug-likeness (QED) is 0.849. The number of rotatable bonds is 4. The fourth-order valence-corrected chi connectivity index (χ4v) is 2.36. The van der Waals surface area contributed by atoms with Crippen LogP contribution in [-0.4, -0.2) is 60.4 Å². The number of aromatic nitrogens is 3. The molecule has 3 rings (SSSR count). The van der Waals surface area contributed by atoms with Gasteiger partial charge in [-0.05, 0) is 26.1 Å². The van der Waals surface area contributed by atoms with Crippen molar-refractivity contribution in [1.29, 1.82) is 0 Å². The zero-order valence-corrected chi connectivity index (χ0v) is 13.2. The van der Waals surface area contributed by atoms with Crippen LogP contribution in [0.1, 0.15) is 18.9 Å². The van der Waals surface area contributed by atoms with Crippen molar-refractivity contribution in [2.75, 3.05) is 45.2 Å². The number of hydrogen-bond donors (Lipinski definition) is 0. The largest absolute Gasteiger partial charge is 0.372 e. The minimum atomic E-state index is -0.220. The van der Waals surface area contributed by atoms with Crippen LogP contribution in [-0.2, 0) is 4.74 Å². The van der Waals surface area contributed by atoms with Crippen LogP contribution in [0.4, 0.5) is 5.82 Å². The van der Waals surface area contributed by atoms with Gasteiger partial charge in [0.2, 0.25) is 5.82 Å². The Morgan fingerprint density at radius 2 is 1.95 bits per heavy atom. The topological polar surface area (TPSA) is 67.5 Å². The van der Waals surface area contributed by atoms with Crippen LogP contribution in [0.2, 0.25) is 0 Å². The molecule has 1 fully saturated rings. The van der Waals surface area contributed by atoms with E-state index in [1.165, 1.54) is 0 Å². The molecule has 1 aliphatic heterocycles. The highest BCUT2D eigenvalue weighted by molar-refractivity contribution is 5.53. The molecule has 1 aliphatic rings. The number of anilines is 1. The van der Waals surface area contributed by atoms with Gasteiger partial charge in [0.05, 0.1) is 0 Å². The Hall–Kier alpha value is -1.99. The predicted octanol–water partition coefficient (Wildman–Crippen LogP) is 1.59. The average Bonchev–Trinajstić information content (AvgIpc) is 3.05. The Kier molecular flexibility index (Phi) is 4.35. The lowest BCUT2D eigenvalue weighted by molar-refractivity contribution is 0.0886. The van der Waals surface area contributed by atoms with Gasteiger partial charge in [0.1, 0.15) is 17.6 Å². The zero-order chi connectivity index (χ0) is 15.5. The molecule has 0 aliphatic carbocycles. The molecule has 2 aromatic heterocycles. The van der Waals surface area contributed by atoms with E-state index in [1.54, 1.807) is 7.11 Å². The van der Waals surface area contributed by atoms with Gasteiger partial charge in [0, 0.05) is 33.3 Å². The van der Waals surface area contributed by atoms with Gasteiger partial charge in [0.25, 0.3) is 5.89 Å². The van der Waals surface area contributed by atoms with Crippen LogP contribution < -0.4 is 4.90 Å². The summed E-state index contributed by atoms with van der Waals surface area (Å²) in [5.74, 6) is 1.91. The summed E-state index contributed by atoms with van der Waals surface area (Å²) in [6.45, 7) is 5.91. The summed E-state index contributed by atoms with van der Waals surface area (Å²) in [6.07, 6.45) is -0.220. The standard InChI is InChI=1S/C15H21N5O2/c1-11(21-3)15-17-14(18-22-15)12-5-4-6-13(16-12)20-9-7-19(2)8-10-20/h4-6,11H,7-10H2,1-3H3/t11-/m0/s1. The van der Waals surface area contributed by atoms with E-state index in [0.717, 1.165) is 37.7 Å². The first-order chi connectivity index (χ1) is 10.7. The summed E-state index contributed by atoms with van der Waals surface area (Å²) >= 11 is 0. The number of piperazine rings is 1. The van der Waals surface area contributed by atoms with Crippen molar-refractivity contribution in [2.24, 2.45) is 0 Å². The summed E-state index contributed by atoms with van der Waals surface area (Å²) in [7, 11) is 3.75. The third kappa shape index (κ3) is 3.10. The maximum Gasteiger partial charge on any atom is 0.255 e. The molecular weight excluding hydrogens is 282 g/mol. The Morgan fingerprint density at radius 1 is 1.18 bits per heavy atom. The van der Waals surface area contributed by atoms with E-state index in [9.17, 15) is 0 Å². The summed E-state index contributed by atoms with van der Waals surface area (Å²) in [6, 6.07) is 5.89. The molecule has 0 N–H and O–H groups in total. The third-order valence-electron chi connectivity index (χ3n) is 3.93. The average molecular weight is 303 g/mol. The van der Waals surface area contributed by atoms with Crippen LogP contribution in [0.3, 0.4) is 0 Å². The number of methoxy groups -OCH3 is 1. The summed E-state index contributed by atoms with van der Waals surface area (Å²) < 4.78 is 10.4. The van der Waals surface area contributed by atoms with E-state index < -0.39 is 0 Å². The molecule has 0 radical (unpaired) electrons. The van der Waals surface area contributed by atoms with E-state index in [4.69, 9.17) is 9.26 Å². The molecular formula is C15H21N5O2. The van der Waals surface area contributed by atoms with E-state index in [1.807, 2.05) is 25.1 Å². The van der Waals surface area contributed by atoms with Crippen LogP contribution in [0.25, 0.3) is 11.5 Å². The smallest absolute Gasteiger partial charge is 0.255 e. The maximum absolute atomic E-state index is 5.22. The molecule has 3 heterocycles. The van der Waals surface area contributed by atoms with Gasteiger partial charge in [-0.3, -0.25) is 0 Å². The van der Waals surface area contributed by atoms with E-state index in [0.29, 0.717) is 11.7 Å². The molecule has 0 spiro atoms. The molecule has 1 saturated heterocycles. The Labute approximate surface area is 129 Å². The molecule has 0 saturated carbocycles. The number of likely N-dealkylation sites (N-methyl/N-ethyl adjacent to an activating group) is 1. The van der Waals surface area contributed by atoms with Gasteiger partial charge in [-0.15, -0.1) is 0 Å². The maximum atomic E-state index is 5.22. The van der Waals surface area contributed by atoms with Crippen molar-refractivity contribution in [1.82, 2.24) is 20.0 Å². The second kappa shape index (κ2) is 6.41. The van der Waals surface area contributed by atoms with E-state index in [2.05, 4.69) is 32.0 Å². The van der Waals surface area contributed by atoms with Crippen molar-refractivity contribution < 1.29 is 9.26 Å². The molecule has 2 aromatic rings. The highest BCUT2D eigenvalue weighted by Gasteiger charge is 2.18. The fourth-order valence-electron chi connectivity index (χ4n) is 2.36. The first-order valence-electron chi connectivity index (χ1n) is 7.44. The minimum absolute atomic E-state index is 0.220. The monoisotopic (exact) mass is 303 g/mol. The van der Waals surface area contributed by atoms with Crippen molar-refractivity contribution in [2.45, 2.75) is 13.0 Å². The lowest BCUT2D eigenvalue weighted by Gasteiger charge is -2.33. The van der Waals surface area contributed by atoms with Crippen molar-refractivity contribution in [3.8, 4) is 11.5 Å². The van der Waals surface area contributed by atoms with Gasteiger partial charge >= 0.3 is 0 Å². The molecule has 22 heavy (non-hydrogen) atoms. The van der Waals surface area contributed by atoms with Crippen molar-refractivity contribution in [3.63, 3.8) is 0 Å². The zero-order valence-electron chi connectivity index (χ0n) is 13.2. The van der Waals surface area contributed by atoms with Crippen LogP contribution in [0.15, 0.2) is 22.7 Å². The lowest BCUT2D eigenvalue weighted by Crippen LogP contribution is -2.44. The first-order valence-corrected chi connectivity index (χ1v) is 7.44. The van der Waals surface area contributed by atoms with Gasteiger partial charge in [-0.25, -0.2) is 4.98 Å². The molecule has 0 amide bonds. The summed E-state index contributed by atoms with van der Waals surface area (Å²) in [5, 5.41) is 4.00. The lowest BCUT2D eigenvalue weighted by atomic mass is 10.3.